The van der Waals surface area contributed by atoms with Gasteiger partial charge in [-0.1, -0.05) is 13.3 Å². The van der Waals surface area contributed by atoms with Crippen LogP contribution in [-0.4, -0.2) is 50.7 Å². The van der Waals surface area contributed by atoms with Crippen molar-refractivity contribution in [2.24, 2.45) is 7.05 Å². The molecule has 0 atom stereocenters. The number of hydrogen-bond donors (Lipinski definition) is 1. The minimum absolute atomic E-state index is 0.0804. The van der Waals surface area contributed by atoms with Crippen molar-refractivity contribution in [3.05, 3.63) is 71.3 Å². The number of aromatic nitrogens is 3. The largest absolute Gasteiger partial charge is 0.457 e. The number of ether oxygens (including phenoxy) is 1. The molecule has 2 fully saturated rings. The number of fused-ring (bicyclic) bond motifs is 1. The molecule has 4 aromatic rings. The van der Waals surface area contributed by atoms with E-state index in [2.05, 4.69) is 20.3 Å². The molecule has 1 aliphatic heterocycles. The molecule has 1 saturated carbocycles. The second-order valence-corrected chi connectivity index (χ2v) is 10.4. The molecule has 6 rings (SSSR count). The van der Waals surface area contributed by atoms with Gasteiger partial charge in [0.2, 0.25) is 0 Å². The van der Waals surface area contributed by atoms with Gasteiger partial charge in [-0.25, -0.2) is 4.39 Å². The number of nitrogens with zero attached hydrogens (tertiary/aromatic N) is 4. The quantitative estimate of drug-likeness (QED) is 0.358. The van der Waals surface area contributed by atoms with E-state index < -0.39 is 5.82 Å². The first-order valence-electron chi connectivity index (χ1n) is 13.3. The summed E-state index contributed by atoms with van der Waals surface area (Å²) in [6.45, 7) is 5.61. The molecule has 0 spiro atoms. The third-order valence-electron chi connectivity index (χ3n) is 7.89. The average molecular weight is 514 g/mol. The Bertz CT molecular complexity index is 1520. The number of carbonyl (C=O) groups is 1. The Balaban J connectivity index is 1.20. The normalized spacial score (nSPS) is 16.3. The number of carbonyl (C=O) groups excluding carboxylic acids is 1. The summed E-state index contributed by atoms with van der Waals surface area (Å²) < 4.78 is 23.3. The Hall–Kier alpha value is -3.78. The predicted molar refractivity (Wildman–Crippen MR) is 145 cm³/mol. The average Bonchev–Trinajstić information content (AvgIpc) is 3.13. The van der Waals surface area contributed by atoms with Gasteiger partial charge in [-0.05, 0) is 62.1 Å². The third-order valence-corrected chi connectivity index (χ3v) is 7.89. The fourth-order valence-corrected chi connectivity index (χ4v) is 5.51. The van der Waals surface area contributed by atoms with Crippen molar-refractivity contribution in [3.63, 3.8) is 0 Å². The predicted octanol–water partition coefficient (Wildman–Crippen LogP) is 5.40. The number of rotatable bonds is 7. The Morgan fingerprint density at radius 2 is 1.92 bits per heavy atom. The van der Waals surface area contributed by atoms with E-state index >= 15 is 4.39 Å². The fourth-order valence-electron chi connectivity index (χ4n) is 5.51. The number of pyridine rings is 1. The molecule has 1 saturated heterocycles. The molecule has 196 valence electrons. The van der Waals surface area contributed by atoms with Crippen LogP contribution in [0.5, 0.6) is 11.5 Å². The molecule has 0 radical (unpaired) electrons. The van der Waals surface area contributed by atoms with Gasteiger partial charge in [0, 0.05) is 55.5 Å². The van der Waals surface area contributed by atoms with E-state index in [-0.39, 0.29) is 17.5 Å². The first-order valence-corrected chi connectivity index (χ1v) is 13.3. The monoisotopic (exact) mass is 513 g/mol. The van der Waals surface area contributed by atoms with Crippen molar-refractivity contribution in [1.82, 2.24) is 25.0 Å². The fraction of sp³-hybridized carbons (Fsp3) is 0.367. The molecule has 8 heteroatoms. The van der Waals surface area contributed by atoms with Crippen molar-refractivity contribution >= 4 is 16.8 Å². The lowest BCUT2D eigenvalue weighted by molar-refractivity contribution is 0.0345. The van der Waals surface area contributed by atoms with Gasteiger partial charge in [0.1, 0.15) is 17.3 Å². The van der Waals surface area contributed by atoms with Gasteiger partial charge in [-0.3, -0.25) is 19.4 Å². The standard InChI is InChI=1S/C30H32FN5O2/c1-4-19-12-20(13-26(31)29(19)30(37)33-21-16-36(17-21)22-6-5-7-22)27-14-24(10-11-32-27)38-23-8-9-25-18(2)34-35(3)28(25)15-23/h8-15,21-22H,4-7,16-17H2,1-3H3,(H,33,37). The Morgan fingerprint density at radius 3 is 2.66 bits per heavy atom. The van der Waals surface area contributed by atoms with Gasteiger partial charge in [0.15, 0.2) is 0 Å². The Morgan fingerprint density at radius 1 is 1.13 bits per heavy atom. The lowest BCUT2D eigenvalue weighted by Gasteiger charge is -2.48. The number of nitrogens with one attached hydrogen (secondary N) is 1. The molecule has 0 bridgehead atoms. The highest BCUT2D eigenvalue weighted by molar-refractivity contribution is 5.97. The van der Waals surface area contributed by atoms with Crippen molar-refractivity contribution in [1.29, 1.82) is 0 Å². The van der Waals surface area contributed by atoms with Gasteiger partial charge in [-0.15, -0.1) is 0 Å². The molecule has 2 aromatic heterocycles. The minimum Gasteiger partial charge on any atom is -0.457 e. The topological polar surface area (TPSA) is 72.3 Å². The minimum atomic E-state index is -0.530. The van der Waals surface area contributed by atoms with Crippen LogP contribution in [0.1, 0.15) is 47.8 Å². The maximum absolute atomic E-state index is 15.4. The summed E-state index contributed by atoms with van der Waals surface area (Å²) in [7, 11) is 1.91. The molecule has 1 aliphatic carbocycles. The van der Waals surface area contributed by atoms with Crippen LogP contribution in [0.3, 0.4) is 0 Å². The summed E-state index contributed by atoms with van der Waals surface area (Å²) in [6, 6.07) is 13.4. The van der Waals surface area contributed by atoms with Gasteiger partial charge in [-0.2, -0.15) is 5.10 Å². The Labute approximate surface area is 221 Å². The highest BCUT2D eigenvalue weighted by Crippen LogP contribution is 2.31. The first kappa shape index (κ1) is 24.6. The van der Waals surface area contributed by atoms with Crippen LogP contribution in [0, 0.1) is 12.7 Å². The van der Waals surface area contributed by atoms with Crippen LogP contribution in [0.2, 0.25) is 0 Å². The van der Waals surface area contributed by atoms with Gasteiger partial charge >= 0.3 is 0 Å². The zero-order valence-electron chi connectivity index (χ0n) is 22.0. The SMILES string of the molecule is CCc1cc(-c2cc(Oc3ccc4c(C)nn(C)c4c3)ccn2)cc(F)c1C(=O)NC1CN(C2CCC2)C1. The Kier molecular flexibility index (Phi) is 6.35. The van der Waals surface area contributed by atoms with Crippen LogP contribution in [0.25, 0.3) is 22.2 Å². The molecule has 1 N–H and O–H groups in total. The van der Waals surface area contributed by atoms with Crippen molar-refractivity contribution < 1.29 is 13.9 Å². The van der Waals surface area contributed by atoms with E-state index in [9.17, 15) is 4.79 Å². The number of hydrogen-bond acceptors (Lipinski definition) is 5. The molecule has 2 aliphatic rings. The third kappa shape index (κ3) is 4.53. The summed E-state index contributed by atoms with van der Waals surface area (Å²) in [4.78, 5) is 19.9. The van der Waals surface area contributed by atoms with Crippen molar-refractivity contribution in [3.8, 4) is 22.8 Å². The van der Waals surface area contributed by atoms with E-state index in [0.29, 0.717) is 40.8 Å². The number of amides is 1. The number of halogens is 1. The summed E-state index contributed by atoms with van der Waals surface area (Å²) in [5.41, 5.74) is 3.93. The summed E-state index contributed by atoms with van der Waals surface area (Å²) in [5.74, 6) is 0.402. The van der Waals surface area contributed by atoms with Crippen LogP contribution in [0.4, 0.5) is 4.39 Å². The van der Waals surface area contributed by atoms with Crippen LogP contribution in [0.15, 0.2) is 48.7 Å². The second-order valence-electron chi connectivity index (χ2n) is 10.4. The van der Waals surface area contributed by atoms with Crippen LogP contribution in [-0.2, 0) is 13.5 Å². The zero-order valence-corrected chi connectivity index (χ0v) is 22.0. The summed E-state index contributed by atoms with van der Waals surface area (Å²) in [6.07, 6.45) is 5.96. The molecule has 38 heavy (non-hydrogen) atoms. The smallest absolute Gasteiger partial charge is 0.254 e. The van der Waals surface area contributed by atoms with Gasteiger partial charge in [0.25, 0.3) is 5.91 Å². The van der Waals surface area contributed by atoms with Crippen molar-refractivity contribution in [2.75, 3.05) is 13.1 Å². The molecule has 1 amide bonds. The highest BCUT2D eigenvalue weighted by Gasteiger charge is 2.36. The van der Waals surface area contributed by atoms with Gasteiger partial charge < -0.3 is 10.1 Å². The highest BCUT2D eigenvalue weighted by atomic mass is 19.1. The number of benzene rings is 2. The number of aryl methyl sites for hydroxylation is 3. The van der Waals surface area contributed by atoms with E-state index in [1.54, 1.807) is 18.3 Å². The molecule has 7 nitrogen and oxygen atoms in total. The van der Waals surface area contributed by atoms with Crippen molar-refractivity contribution in [2.45, 2.75) is 51.6 Å². The lowest BCUT2D eigenvalue weighted by Crippen LogP contribution is -2.63. The summed E-state index contributed by atoms with van der Waals surface area (Å²) >= 11 is 0. The lowest BCUT2D eigenvalue weighted by atomic mass is 9.88. The van der Waals surface area contributed by atoms with E-state index in [4.69, 9.17) is 4.74 Å². The van der Waals surface area contributed by atoms with Crippen LogP contribution < -0.4 is 10.1 Å². The molecule has 2 aromatic carbocycles. The maximum atomic E-state index is 15.4. The van der Waals surface area contributed by atoms with Crippen LogP contribution >= 0.6 is 0 Å². The summed E-state index contributed by atoms with van der Waals surface area (Å²) in [5, 5.41) is 8.57. The first-order chi connectivity index (χ1) is 18.4. The van der Waals surface area contributed by atoms with E-state index in [0.717, 1.165) is 29.7 Å². The molecular formula is C30H32FN5O2. The van der Waals surface area contributed by atoms with E-state index in [1.807, 2.05) is 49.8 Å². The molecule has 3 heterocycles. The van der Waals surface area contributed by atoms with Gasteiger partial charge in [0.05, 0.1) is 28.5 Å². The second kappa shape index (κ2) is 9.83. The van der Waals surface area contributed by atoms with E-state index in [1.165, 1.54) is 25.3 Å². The molecular weight excluding hydrogens is 481 g/mol. The maximum Gasteiger partial charge on any atom is 0.254 e. The zero-order chi connectivity index (χ0) is 26.4. The number of likely N-dealkylation sites (tertiary alicyclic amines) is 1. The molecule has 0 unspecified atom stereocenters.